The Bertz CT molecular complexity index is 540. The number of rotatable bonds is 3. The molecule has 0 amide bonds. The number of nitrogen functional groups attached to an aromatic ring is 2. The number of nitrogens with two attached hydrogens (primary N) is 2. The molecular weight excluding hydrogens is 238 g/mol. The molecule has 0 saturated carbocycles. The molecule has 0 aromatic heterocycles. The second-order valence-corrected chi connectivity index (χ2v) is 2.86. The highest BCUT2D eigenvalue weighted by Crippen LogP contribution is 2.42. The summed E-state index contributed by atoms with van der Waals surface area (Å²) in [6.07, 6.45) is 0. The van der Waals surface area contributed by atoms with Crippen LogP contribution in [0.4, 0.5) is 28.4 Å². The first-order valence-electron chi connectivity index (χ1n) is 3.92. The lowest BCUT2D eigenvalue weighted by molar-refractivity contribution is -0.423. The predicted octanol–water partition coefficient (Wildman–Crippen LogP) is 0.576. The van der Waals surface area contributed by atoms with Gasteiger partial charge in [0.2, 0.25) is 0 Å². The summed E-state index contributed by atoms with van der Waals surface area (Å²) in [6, 6.07) is 0.407. The molecule has 0 heterocycles. The molecule has 0 aliphatic carbocycles. The maximum Gasteiger partial charge on any atom is 0.371 e. The van der Waals surface area contributed by atoms with Gasteiger partial charge in [0.1, 0.15) is 17.4 Å². The third-order valence-corrected chi connectivity index (χ3v) is 1.91. The maximum absolute atomic E-state index is 10.6. The van der Waals surface area contributed by atoms with Crippen LogP contribution < -0.4 is 11.5 Å². The molecule has 0 fully saturated rings. The smallest absolute Gasteiger partial charge is 0.371 e. The average Bonchev–Trinajstić information content (AvgIpc) is 2.19. The zero-order valence-electron chi connectivity index (χ0n) is 8.02. The van der Waals surface area contributed by atoms with Crippen molar-refractivity contribution in [2.75, 3.05) is 11.5 Å². The van der Waals surface area contributed by atoms with Crippen LogP contribution in [-0.4, -0.2) is 14.8 Å². The predicted molar refractivity (Wildman–Crippen MR) is 55.2 cm³/mol. The van der Waals surface area contributed by atoms with Gasteiger partial charge >= 0.3 is 17.1 Å². The SMILES string of the molecule is Nc1c([N+](=O)[O-])cc([N+](=O)[O-])c([N+](=O)[O-])c1N. The Morgan fingerprint density at radius 1 is 0.824 bits per heavy atom. The van der Waals surface area contributed by atoms with E-state index in [4.69, 9.17) is 11.5 Å². The van der Waals surface area contributed by atoms with Gasteiger partial charge < -0.3 is 11.5 Å². The first-order chi connectivity index (χ1) is 7.77. The number of nitro groups is 3. The first kappa shape index (κ1) is 12.1. The Morgan fingerprint density at radius 3 is 1.65 bits per heavy atom. The number of anilines is 2. The minimum atomic E-state index is -1.14. The number of hydrogen-bond donors (Lipinski definition) is 2. The van der Waals surface area contributed by atoms with E-state index >= 15 is 0 Å². The van der Waals surface area contributed by atoms with Crippen molar-refractivity contribution >= 4 is 28.4 Å². The van der Waals surface area contributed by atoms with Crippen molar-refractivity contribution in [2.45, 2.75) is 0 Å². The van der Waals surface area contributed by atoms with Crippen molar-refractivity contribution in [1.82, 2.24) is 0 Å². The average molecular weight is 243 g/mol. The standard InChI is InChI=1S/C6H5N5O6/c7-4-2(9(12)13)1-3(10(14)15)6(5(4)8)11(16)17/h1H,7-8H2. The number of nitro benzene ring substituents is 3. The molecule has 1 aromatic rings. The molecule has 17 heavy (non-hydrogen) atoms. The number of benzene rings is 1. The molecule has 4 N–H and O–H groups in total. The lowest BCUT2D eigenvalue weighted by atomic mass is 10.1. The van der Waals surface area contributed by atoms with E-state index in [1.165, 1.54) is 0 Å². The summed E-state index contributed by atoms with van der Waals surface area (Å²) in [5.41, 5.74) is 5.93. The van der Waals surface area contributed by atoms with Gasteiger partial charge in [0.25, 0.3) is 0 Å². The molecule has 0 aliphatic heterocycles. The number of nitrogens with zero attached hydrogens (tertiary/aromatic N) is 3. The normalized spacial score (nSPS) is 9.88. The molecule has 0 aliphatic rings. The van der Waals surface area contributed by atoms with Crippen molar-refractivity contribution in [1.29, 1.82) is 0 Å². The van der Waals surface area contributed by atoms with Crippen LogP contribution in [0.2, 0.25) is 0 Å². The molecule has 0 atom stereocenters. The summed E-state index contributed by atoms with van der Waals surface area (Å²) < 4.78 is 0. The van der Waals surface area contributed by atoms with Crippen LogP contribution in [0.3, 0.4) is 0 Å². The third kappa shape index (κ3) is 1.88. The van der Waals surface area contributed by atoms with Gasteiger partial charge in [-0.3, -0.25) is 30.3 Å². The van der Waals surface area contributed by atoms with Crippen molar-refractivity contribution < 1.29 is 14.8 Å². The van der Waals surface area contributed by atoms with Gasteiger partial charge in [-0.1, -0.05) is 0 Å². The van der Waals surface area contributed by atoms with E-state index < -0.39 is 43.2 Å². The molecular formula is C6H5N5O6. The molecule has 11 heteroatoms. The largest absolute Gasteiger partial charge is 0.391 e. The second kappa shape index (κ2) is 3.88. The van der Waals surface area contributed by atoms with Crippen LogP contribution in [0.25, 0.3) is 0 Å². The van der Waals surface area contributed by atoms with Crippen LogP contribution >= 0.6 is 0 Å². The van der Waals surface area contributed by atoms with Crippen LogP contribution in [0, 0.1) is 30.3 Å². The van der Waals surface area contributed by atoms with Crippen molar-refractivity contribution in [3.63, 3.8) is 0 Å². The minimum Gasteiger partial charge on any atom is -0.391 e. The second-order valence-electron chi connectivity index (χ2n) is 2.86. The van der Waals surface area contributed by atoms with E-state index in [0.717, 1.165) is 0 Å². The Balaban J connectivity index is 3.75. The van der Waals surface area contributed by atoms with E-state index in [-0.39, 0.29) is 0 Å². The molecule has 11 nitrogen and oxygen atoms in total. The highest BCUT2D eigenvalue weighted by atomic mass is 16.6. The highest BCUT2D eigenvalue weighted by Gasteiger charge is 2.34. The topological polar surface area (TPSA) is 181 Å². The van der Waals surface area contributed by atoms with Gasteiger partial charge in [0, 0.05) is 0 Å². The van der Waals surface area contributed by atoms with E-state index in [1.54, 1.807) is 0 Å². The molecule has 90 valence electrons. The van der Waals surface area contributed by atoms with E-state index in [9.17, 15) is 30.3 Å². The van der Waals surface area contributed by atoms with Crippen molar-refractivity contribution in [3.05, 3.63) is 36.4 Å². The van der Waals surface area contributed by atoms with Crippen LogP contribution in [0.15, 0.2) is 6.07 Å². The van der Waals surface area contributed by atoms with Crippen molar-refractivity contribution in [3.8, 4) is 0 Å². The Morgan fingerprint density at radius 2 is 1.29 bits per heavy atom. The van der Waals surface area contributed by atoms with E-state index in [2.05, 4.69) is 0 Å². The van der Waals surface area contributed by atoms with Crippen LogP contribution in [0.5, 0.6) is 0 Å². The fourth-order valence-electron chi connectivity index (χ4n) is 1.16. The summed E-state index contributed by atoms with van der Waals surface area (Å²) in [4.78, 5) is 28.4. The highest BCUT2D eigenvalue weighted by molar-refractivity contribution is 5.87. The lowest BCUT2D eigenvalue weighted by Gasteiger charge is -2.02. The quantitative estimate of drug-likeness (QED) is 0.438. The monoisotopic (exact) mass is 243 g/mol. The van der Waals surface area contributed by atoms with Crippen LogP contribution in [0.1, 0.15) is 0 Å². The van der Waals surface area contributed by atoms with Gasteiger partial charge in [0.05, 0.1) is 14.8 Å². The van der Waals surface area contributed by atoms with Gasteiger partial charge in [-0.15, -0.1) is 0 Å². The molecule has 0 spiro atoms. The zero-order valence-corrected chi connectivity index (χ0v) is 8.02. The molecule has 0 saturated heterocycles. The maximum atomic E-state index is 10.6. The third-order valence-electron chi connectivity index (χ3n) is 1.91. The summed E-state index contributed by atoms with van der Waals surface area (Å²) in [7, 11) is 0. The summed E-state index contributed by atoms with van der Waals surface area (Å²) in [5, 5.41) is 31.6. The van der Waals surface area contributed by atoms with Crippen molar-refractivity contribution in [2.24, 2.45) is 0 Å². The number of hydrogen-bond acceptors (Lipinski definition) is 8. The van der Waals surface area contributed by atoms with Gasteiger partial charge in [-0.2, -0.15) is 0 Å². The molecule has 1 rings (SSSR count). The van der Waals surface area contributed by atoms with Crippen LogP contribution in [-0.2, 0) is 0 Å². The molecule has 0 radical (unpaired) electrons. The fourth-order valence-corrected chi connectivity index (χ4v) is 1.16. The molecule has 0 bridgehead atoms. The van der Waals surface area contributed by atoms with Gasteiger partial charge in [-0.05, 0) is 0 Å². The Kier molecular flexibility index (Phi) is 2.76. The van der Waals surface area contributed by atoms with Gasteiger partial charge in [-0.25, -0.2) is 0 Å². The van der Waals surface area contributed by atoms with E-state index in [1.807, 2.05) is 0 Å². The fraction of sp³-hybridized carbons (Fsp3) is 0. The lowest BCUT2D eigenvalue weighted by Crippen LogP contribution is -2.07. The molecule has 0 unspecified atom stereocenters. The van der Waals surface area contributed by atoms with E-state index in [0.29, 0.717) is 6.07 Å². The first-order valence-corrected chi connectivity index (χ1v) is 3.92. The minimum absolute atomic E-state index is 0.407. The Hall–Kier alpha value is -2.98. The molecule has 1 aromatic carbocycles. The zero-order chi connectivity index (χ0) is 13.3. The summed E-state index contributed by atoms with van der Waals surface area (Å²) in [5.74, 6) is 0. The summed E-state index contributed by atoms with van der Waals surface area (Å²) >= 11 is 0. The summed E-state index contributed by atoms with van der Waals surface area (Å²) in [6.45, 7) is 0. The Labute approximate surface area is 92.1 Å². The van der Waals surface area contributed by atoms with Gasteiger partial charge in [0.15, 0.2) is 0 Å².